The summed E-state index contributed by atoms with van der Waals surface area (Å²) in [6.45, 7) is 2.09. The third-order valence-electron chi connectivity index (χ3n) is 3.10. The summed E-state index contributed by atoms with van der Waals surface area (Å²) >= 11 is 0. The lowest BCUT2D eigenvalue weighted by molar-refractivity contribution is 0.441. The van der Waals surface area contributed by atoms with Gasteiger partial charge in [-0.3, -0.25) is 0 Å². The third-order valence-corrected chi connectivity index (χ3v) is 3.10. The third kappa shape index (κ3) is 2.15. The van der Waals surface area contributed by atoms with Gasteiger partial charge in [-0.05, 0) is 38.1 Å². The molecule has 0 atom stereocenters. The predicted octanol–water partition coefficient (Wildman–Crippen LogP) is 1.14. The first-order chi connectivity index (χ1) is 7.83. The molecule has 1 N–H and O–H groups in total. The second kappa shape index (κ2) is 4.95. The number of piperidine rings is 1. The smallest absolute Gasteiger partial charge is 0.146 e. The van der Waals surface area contributed by atoms with Gasteiger partial charge < -0.3 is 10.2 Å². The molecule has 0 bridgehead atoms. The molecule has 1 aromatic heterocycles. The molecule has 0 spiro atoms. The van der Waals surface area contributed by atoms with Gasteiger partial charge in [0.2, 0.25) is 0 Å². The van der Waals surface area contributed by atoms with E-state index in [-0.39, 0.29) is 0 Å². The zero-order valence-corrected chi connectivity index (χ0v) is 9.48. The van der Waals surface area contributed by atoms with E-state index in [0.29, 0.717) is 11.6 Å². The molecule has 1 aliphatic heterocycles. The van der Waals surface area contributed by atoms with E-state index in [1.54, 1.807) is 12.3 Å². The number of hydrogen-bond acceptors (Lipinski definition) is 4. The highest BCUT2D eigenvalue weighted by atomic mass is 15.2. The van der Waals surface area contributed by atoms with Gasteiger partial charge in [0.15, 0.2) is 0 Å². The highest BCUT2D eigenvalue weighted by Gasteiger charge is 2.20. The lowest BCUT2D eigenvalue weighted by Gasteiger charge is -2.32. The number of nitrogens with zero attached hydrogens (tertiary/aromatic N) is 3. The summed E-state index contributed by atoms with van der Waals surface area (Å²) in [6, 6.07) is 6.31. The Bertz CT molecular complexity index is 390. The largest absolute Gasteiger partial charge is 0.356 e. The van der Waals surface area contributed by atoms with Crippen LogP contribution < -0.4 is 10.2 Å². The van der Waals surface area contributed by atoms with E-state index in [2.05, 4.69) is 21.3 Å². The van der Waals surface area contributed by atoms with Crippen LogP contribution in [0.2, 0.25) is 0 Å². The molecule has 16 heavy (non-hydrogen) atoms. The summed E-state index contributed by atoms with van der Waals surface area (Å²) in [5, 5.41) is 12.4. The van der Waals surface area contributed by atoms with Gasteiger partial charge in [0, 0.05) is 19.3 Å². The molecule has 0 radical (unpaired) electrons. The molecule has 0 aliphatic carbocycles. The Morgan fingerprint density at radius 1 is 1.50 bits per heavy atom. The van der Waals surface area contributed by atoms with Crippen molar-refractivity contribution in [3.05, 3.63) is 23.9 Å². The van der Waals surface area contributed by atoms with Crippen molar-refractivity contribution in [2.45, 2.75) is 18.9 Å². The highest BCUT2D eigenvalue weighted by Crippen LogP contribution is 2.20. The van der Waals surface area contributed by atoms with Gasteiger partial charge in [-0.1, -0.05) is 0 Å². The summed E-state index contributed by atoms with van der Waals surface area (Å²) in [5.74, 6) is 0.803. The maximum Gasteiger partial charge on any atom is 0.146 e. The normalized spacial score (nSPS) is 16.8. The quantitative estimate of drug-likeness (QED) is 0.805. The van der Waals surface area contributed by atoms with Gasteiger partial charge in [-0.25, -0.2) is 4.98 Å². The predicted molar refractivity (Wildman–Crippen MR) is 63.2 cm³/mol. The first kappa shape index (κ1) is 10.9. The van der Waals surface area contributed by atoms with Crippen molar-refractivity contribution < 1.29 is 0 Å². The van der Waals surface area contributed by atoms with Crippen LogP contribution in [0.15, 0.2) is 18.3 Å². The van der Waals surface area contributed by atoms with Crippen LogP contribution >= 0.6 is 0 Å². The Labute approximate surface area is 95.9 Å². The molecule has 2 heterocycles. The van der Waals surface area contributed by atoms with Crippen molar-refractivity contribution in [1.82, 2.24) is 10.3 Å². The highest BCUT2D eigenvalue weighted by molar-refractivity contribution is 5.53. The summed E-state index contributed by atoms with van der Waals surface area (Å²) < 4.78 is 0. The number of pyridine rings is 1. The standard InChI is InChI=1S/C12H16N4/c1-16(11-4-7-14-8-5-11)12-10(9-13)3-2-6-15-12/h2-3,6,11,14H,4-5,7-8H2,1H3. The first-order valence-corrected chi connectivity index (χ1v) is 5.61. The number of nitriles is 1. The molecule has 1 aliphatic rings. The SMILES string of the molecule is CN(c1ncccc1C#N)C1CCNCC1. The fraction of sp³-hybridized carbons (Fsp3) is 0.500. The molecule has 0 amide bonds. The molecule has 1 fully saturated rings. The van der Waals surface area contributed by atoms with Crippen molar-refractivity contribution in [1.29, 1.82) is 5.26 Å². The fourth-order valence-corrected chi connectivity index (χ4v) is 2.13. The second-order valence-corrected chi connectivity index (χ2v) is 4.08. The lowest BCUT2D eigenvalue weighted by Crippen LogP contribution is -2.41. The van der Waals surface area contributed by atoms with Crippen LogP contribution in [-0.2, 0) is 0 Å². The molecule has 0 aromatic carbocycles. The zero-order valence-electron chi connectivity index (χ0n) is 9.48. The van der Waals surface area contributed by atoms with Crippen molar-refractivity contribution in [3.8, 4) is 6.07 Å². The van der Waals surface area contributed by atoms with Gasteiger partial charge in [0.05, 0.1) is 5.56 Å². The summed E-state index contributed by atoms with van der Waals surface area (Å²) in [7, 11) is 2.03. The molecule has 1 saturated heterocycles. The molecule has 4 heteroatoms. The van der Waals surface area contributed by atoms with E-state index in [1.807, 2.05) is 13.1 Å². The minimum absolute atomic E-state index is 0.489. The number of anilines is 1. The maximum atomic E-state index is 9.04. The van der Waals surface area contributed by atoms with Crippen molar-refractivity contribution in [3.63, 3.8) is 0 Å². The van der Waals surface area contributed by atoms with Gasteiger partial charge >= 0.3 is 0 Å². The van der Waals surface area contributed by atoms with E-state index in [0.717, 1.165) is 31.7 Å². The monoisotopic (exact) mass is 216 g/mol. The molecule has 0 unspecified atom stereocenters. The number of rotatable bonds is 2. The Hall–Kier alpha value is -1.60. The van der Waals surface area contributed by atoms with E-state index < -0.39 is 0 Å². The second-order valence-electron chi connectivity index (χ2n) is 4.08. The topological polar surface area (TPSA) is 52.0 Å². The number of nitrogens with one attached hydrogen (secondary N) is 1. The zero-order chi connectivity index (χ0) is 11.4. The lowest BCUT2D eigenvalue weighted by atomic mass is 10.0. The van der Waals surface area contributed by atoms with Crippen molar-refractivity contribution in [2.75, 3.05) is 25.0 Å². The summed E-state index contributed by atoms with van der Waals surface area (Å²) in [5.41, 5.74) is 0.656. The van der Waals surface area contributed by atoms with E-state index in [4.69, 9.17) is 5.26 Å². The Balaban J connectivity index is 2.19. The van der Waals surface area contributed by atoms with Crippen LogP contribution in [0.3, 0.4) is 0 Å². The minimum Gasteiger partial charge on any atom is -0.356 e. The average Bonchev–Trinajstić information content (AvgIpc) is 2.39. The van der Waals surface area contributed by atoms with E-state index >= 15 is 0 Å². The number of hydrogen-bond donors (Lipinski definition) is 1. The van der Waals surface area contributed by atoms with E-state index in [9.17, 15) is 0 Å². The maximum absolute atomic E-state index is 9.04. The minimum atomic E-state index is 0.489. The fourth-order valence-electron chi connectivity index (χ4n) is 2.13. The van der Waals surface area contributed by atoms with Crippen LogP contribution in [0.25, 0.3) is 0 Å². The Morgan fingerprint density at radius 3 is 2.94 bits per heavy atom. The van der Waals surface area contributed by atoms with Crippen LogP contribution in [-0.4, -0.2) is 31.2 Å². The van der Waals surface area contributed by atoms with Crippen LogP contribution in [0.5, 0.6) is 0 Å². The van der Waals surface area contributed by atoms with Crippen molar-refractivity contribution >= 4 is 5.82 Å². The summed E-state index contributed by atoms with van der Waals surface area (Å²) in [6.07, 6.45) is 3.96. The van der Waals surface area contributed by atoms with Gasteiger partial charge in [-0.2, -0.15) is 5.26 Å². The average molecular weight is 216 g/mol. The first-order valence-electron chi connectivity index (χ1n) is 5.61. The molecular weight excluding hydrogens is 200 g/mol. The Kier molecular flexibility index (Phi) is 3.37. The molecule has 0 saturated carbocycles. The molecular formula is C12H16N4. The molecule has 1 aromatic rings. The summed E-state index contributed by atoms with van der Waals surface area (Å²) in [4.78, 5) is 6.45. The van der Waals surface area contributed by atoms with E-state index in [1.165, 1.54) is 0 Å². The van der Waals surface area contributed by atoms with Crippen molar-refractivity contribution in [2.24, 2.45) is 0 Å². The van der Waals surface area contributed by atoms with Crippen LogP contribution in [0, 0.1) is 11.3 Å². The number of aromatic nitrogens is 1. The molecule has 84 valence electrons. The molecule has 2 rings (SSSR count). The Morgan fingerprint density at radius 2 is 2.25 bits per heavy atom. The van der Waals surface area contributed by atoms with Gasteiger partial charge in [0.25, 0.3) is 0 Å². The van der Waals surface area contributed by atoms with Crippen LogP contribution in [0.4, 0.5) is 5.82 Å². The van der Waals surface area contributed by atoms with Crippen LogP contribution in [0.1, 0.15) is 18.4 Å². The molecule has 4 nitrogen and oxygen atoms in total. The van der Waals surface area contributed by atoms with Gasteiger partial charge in [-0.15, -0.1) is 0 Å². The van der Waals surface area contributed by atoms with Gasteiger partial charge in [0.1, 0.15) is 11.9 Å².